The molecule has 0 bridgehead atoms. The molecule has 3 nitrogen and oxygen atoms in total. The molecule has 2 unspecified atom stereocenters. The molecule has 1 aliphatic heterocycles. The van der Waals surface area contributed by atoms with Gasteiger partial charge >= 0.3 is 0 Å². The number of nitrogens with one attached hydrogen (secondary N) is 1. The van der Waals surface area contributed by atoms with Gasteiger partial charge in [0.2, 0.25) is 5.91 Å². The minimum Gasteiger partial charge on any atom is -0.334 e. The number of rotatable bonds is 4. The number of hydrogen-bond donors (Lipinski definition) is 1. The van der Waals surface area contributed by atoms with Gasteiger partial charge in [0, 0.05) is 12.6 Å². The molecule has 0 spiro atoms. The van der Waals surface area contributed by atoms with Gasteiger partial charge in [-0.25, -0.2) is 0 Å². The lowest BCUT2D eigenvalue weighted by Gasteiger charge is -2.27. The van der Waals surface area contributed by atoms with Crippen molar-refractivity contribution in [2.24, 2.45) is 5.92 Å². The summed E-state index contributed by atoms with van der Waals surface area (Å²) in [6.45, 7) is 3.91. The summed E-state index contributed by atoms with van der Waals surface area (Å²) in [5.74, 6) is 0.765. The van der Waals surface area contributed by atoms with Crippen molar-refractivity contribution >= 4 is 5.91 Å². The van der Waals surface area contributed by atoms with E-state index in [2.05, 4.69) is 29.3 Å². The van der Waals surface area contributed by atoms with E-state index in [1.165, 1.54) is 18.4 Å². The zero-order valence-electron chi connectivity index (χ0n) is 11.5. The van der Waals surface area contributed by atoms with Gasteiger partial charge in [-0.05, 0) is 37.3 Å². The van der Waals surface area contributed by atoms with Crippen LogP contribution in [0, 0.1) is 5.92 Å². The molecule has 102 valence electrons. The number of carbonyl (C=O) groups excluding carboxylic acids is 1. The van der Waals surface area contributed by atoms with E-state index < -0.39 is 0 Å². The van der Waals surface area contributed by atoms with Crippen molar-refractivity contribution in [1.82, 2.24) is 10.2 Å². The normalized spacial score (nSPS) is 26.4. The highest BCUT2D eigenvalue weighted by Crippen LogP contribution is 2.30. The minimum absolute atomic E-state index is 0.0318. The van der Waals surface area contributed by atoms with E-state index >= 15 is 0 Å². The van der Waals surface area contributed by atoms with Gasteiger partial charge < -0.3 is 10.2 Å². The lowest BCUT2D eigenvalue weighted by Crippen LogP contribution is -2.46. The smallest absolute Gasteiger partial charge is 0.240 e. The molecular weight excluding hydrogens is 236 g/mol. The Balaban J connectivity index is 1.72. The zero-order valence-corrected chi connectivity index (χ0v) is 11.5. The Morgan fingerprint density at radius 3 is 2.58 bits per heavy atom. The van der Waals surface area contributed by atoms with Crippen molar-refractivity contribution in [3.8, 4) is 0 Å². The molecule has 2 aliphatic rings. The lowest BCUT2D eigenvalue weighted by molar-refractivity contribution is -0.135. The first-order chi connectivity index (χ1) is 9.25. The fourth-order valence-electron chi connectivity index (χ4n) is 2.90. The third kappa shape index (κ3) is 2.81. The van der Waals surface area contributed by atoms with E-state index in [0.717, 1.165) is 19.5 Å². The van der Waals surface area contributed by atoms with Crippen LogP contribution in [-0.2, 0) is 11.3 Å². The highest BCUT2D eigenvalue weighted by Gasteiger charge is 2.38. The van der Waals surface area contributed by atoms with Crippen molar-refractivity contribution < 1.29 is 4.79 Å². The number of benzene rings is 1. The largest absolute Gasteiger partial charge is 0.334 e. The Labute approximate surface area is 115 Å². The van der Waals surface area contributed by atoms with Crippen LogP contribution in [0.25, 0.3) is 0 Å². The van der Waals surface area contributed by atoms with Gasteiger partial charge in [-0.3, -0.25) is 4.79 Å². The quantitative estimate of drug-likeness (QED) is 0.897. The van der Waals surface area contributed by atoms with Gasteiger partial charge in [-0.1, -0.05) is 37.3 Å². The topological polar surface area (TPSA) is 32.3 Å². The highest BCUT2D eigenvalue weighted by molar-refractivity contribution is 5.83. The van der Waals surface area contributed by atoms with Gasteiger partial charge in [-0.2, -0.15) is 0 Å². The van der Waals surface area contributed by atoms with Crippen molar-refractivity contribution in [1.29, 1.82) is 0 Å². The molecular formula is C16H22N2O. The molecule has 1 saturated heterocycles. The number of nitrogens with zero attached hydrogens (tertiary/aromatic N) is 1. The van der Waals surface area contributed by atoms with Gasteiger partial charge in [0.25, 0.3) is 0 Å². The molecule has 1 heterocycles. The lowest BCUT2D eigenvalue weighted by atomic mass is 10.0. The second kappa shape index (κ2) is 5.33. The fourth-order valence-corrected chi connectivity index (χ4v) is 2.90. The molecule has 1 aromatic carbocycles. The van der Waals surface area contributed by atoms with E-state index in [-0.39, 0.29) is 6.04 Å². The monoisotopic (exact) mass is 258 g/mol. The summed E-state index contributed by atoms with van der Waals surface area (Å²) in [4.78, 5) is 14.8. The molecule has 1 saturated carbocycles. The Bertz CT molecular complexity index is 441. The highest BCUT2D eigenvalue weighted by atomic mass is 16.2. The summed E-state index contributed by atoms with van der Waals surface area (Å²) in [6.07, 6.45) is 3.44. The summed E-state index contributed by atoms with van der Waals surface area (Å²) in [5, 5.41) is 3.36. The predicted octanol–water partition coefficient (Wildman–Crippen LogP) is 2.18. The van der Waals surface area contributed by atoms with E-state index in [9.17, 15) is 4.79 Å². The molecule has 2 fully saturated rings. The van der Waals surface area contributed by atoms with Crippen LogP contribution in [0.4, 0.5) is 0 Å². The average molecular weight is 258 g/mol. The van der Waals surface area contributed by atoms with Crippen molar-refractivity contribution in [2.75, 3.05) is 6.54 Å². The van der Waals surface area contributed by atoms with Crippen LogP contribution < -0.4 is 5.32 Å². The van der Waals surface area contributed by atoms with Crippen LogP contribution in [0.2, 0.25) is 0 Å². The molecule has 1 aliphatic carbocycles. The number of carbonyl (C=O) groups is 1. The van der Waals surface area contributed by atoms with Crippen LogP contribution in [0.15, 0.2) is 30.3 Å². The molecule has 1 aromatic rings. The van der Waals surface area contributed by atoms with E-state index in [4.69, 9.17) is 0 Å². The van der Waals surface area contributed by atoms with Crippen molar-refractivity contribution in [3.05, 3.63) is 35.9 Å². The zero-order chi connectivity index (χ0) is 13.2. The van der Waals surface area contributed by atoms with E-state index in [0.29, 0.717) is 17.9 Å². The maximum absolute atomic E-state index is 12.7. The summed E-state index contributed by atoms with van der Waals surface area (Å²) in [7, 11) is 0. The molecule has 19 heavy (non-hydrogen) atoms. The van der Waals surface area contributed by atoms with Crippen LogP contribution in [0.5, 0.6) is 0 Å². The van der Waals surface area contributed by atoms with Crippen LogP contribution in [-0.4, -0.2) is 29.4 Å². The van der Waals surface area contributed by atoms with Gasteiger partial charge in [-0.15, -0.1) is 0 Å². The summed E-state index contributed by atoms with van der Waals surface area (Å²) >= 11 is 0. The molecule has 1 N–H and O–H groups in total. The van der Waals surface area contributed by atoms with Gasteiger partial charge in [0.05, 0.1) is 6.04 Å². The van der Waals surface area contributed by atoms with Crippen molar-refractivity contribution in [2.45, 2.75) is 44.8 Å². The first-order valence-electron chi connectivity index (χ1n) is 7.33. The SMILES string of the molecule is CC1CCNC1C(=O)N(Cc1ccccc1)C1CC1. The predicted molar refractivity (Wildman–Crippen MR) is 75.6 cm³/mol. The second-order valence-corrected chi connectivity index (χ2v) is 5.88. The number of amides is 1. The second-order valence-electron chi connectivity index (χ2n) is 5.88. The van der Waals surface area contributed by atoms with E-state index in [1.54, 1.807) is 0 Å². The first kappa shape index (κ1) is 12.7. The minimum atomic E-state index is 0.0318. The van der Waals surface area contributed by atoms with Crippen LogP contribution in [0.1, 0.15) is 31.7 Å². The third-order valence-electron chi connectivity index (χ3n) is 4.27. The first-order valence-corrected chi connectivity index (χ1v) is 7.33. The van der Waals surface area contributed by atoms with Gasteiger partial charge in [0.15, 0.2) is 0 Å². The van der Waals surface area contributed by atoms with Crippen molar-refractivity contribution in [3.63, 3.8) is 0 Å². The third-order valence-corrected chi connectivity index (χ3v) is 4.27. The summed E-state index contributed by atoms with van der Waals surface area (Å²) in [5.41, 5.74) is 1.23. The Kier molecular flexibility index (Phi) is 3.56. The summed E-state index contributed by atoms with van der Waals surface area (Å²) in [6, 6.07) is 10.8. The Hall–Kier alpha value is -1.35. The average Bonchev–Trinajstić information content (AvgIpc) is 3.18. The molecule has 2 atom stereocenters. The Morgan fingerprint density at radius 1 is 1.26 bits per heavy atom. The number of hydrogen-bond acceptors (Lipinski definition) is 2. The molecule has 3 heteroatoms. The standard InChI is InChI=1S/C16H22N2O/c1-12-9-10-17-15(12)16(19)18(14-7-8-14)11-13-5-3-2-4-6-13/h2-6,12,14-15,17H,7-11H2,1H3. The molecule has 1 amide bonds. The molecule has 0 aromatic heterocycles. The van der Waals surface area contributed by atoms with E-state index in [1.807, 2.05) is 18.2 Å². The maximum atomic E-state index is 12.7. The molecule has 0 radical (unpaired) electrons. The van der Waals surface area contributed by atoms with Crippen LogP contribution in [0.3, 0.4) is 0 Å². The Morgan fingerprint density at radius 2 is 2.00 bits per heavy atom. The fraction of sp³-hybridized carbons (Fsp3) is 0.562. The van der Waals surface area contributed by atoms with Gasteiger partial charge in [0.1, 0.15) is 0 Å². The maximum Gasteiger partial charge on any atom is 0.240 e. The van der Waals surface area contributed by atoms with Crippen LogP contribution >= 0.6 is 0 Å². The summed E-state index contributed by atoms with van der Waals surface area (Å²) < 4.78 is 0. The molecule has 3 rings (SSSR count).